The Kier molecular flexibility index (Phi) is 4.29. The zero-order valence-electron chi connectivity index (χ0n) is 14.0. The van der Waals surface area contributed by atoms with E-state index in [0.717, 1.165) is 11.1 Å². The predicted molar refractivity (Wildman–Crippen MR) is 100 cm³/mol. The highest BCUT2D eigenvalue weighted by atomic mass is 16.3. The molecule has 0 bridgehead atoms. The van der Waals surface area contributed by atoms with Gasteiger partial charge in [-0.2, -0.15) is 0 Å². The first-order chi connectivity index (χ1) is 12.7. The Morgan fingerprint density at radius 2 is 1.81 bits per heavy atom. The van der Waals surface area contributed by atoms with Crippen molar-refractivity contribution < 1.29 is 5.11 Å². The first kappa shape index (κ1) is 16.2. The number of hydrogen-bond acceptors (Lipinski definition) is 4. The van der Waals surface area contributed by atoms with E-state index in [2.05, 4.69) is 9.97 Å². The summed E-state index contributed by atoms with van der Waals surface area (Å²) in [5.41, 5.74) is 2.39. The summed E-state index contributed by atoms with van der Waals surface area (Å²) in [6, 6.07) is 18.5. The van der Waals surface area contributed by atoms with Crippen LogP contribution in [-0.2, 0) is 6.42 Å². The molecule has 0 amide bonds. The van der Waals surface area contributed by atoms with Gasteiger partial charge in [-0.3, -0.25) is 14.3 Å². The molecule has 3 heterocycles. The van der Waals surface area contributed by atoms with Gasteiger partial charge in [0.15, 0.2) is 0 Å². The lowest BCUT2D eigenvalue weighted by molar-refractivity contribution is 0.177. The van der Waals surface area contributed by atoms with Crippen molar-refractivity contribution >= 4 is 11.0 Å². The van der Waals surface area contributed by atoms with Crippen molar-refractivity contribution in [3.8, 4) is 5.69 Å². The van der Waals surface area contributed by atoms with E-state index in [1.165, 1.54) is 0 Å². The Labute approximate surface area is 150 Å². The first-order valence-electron chi connectivity index (χ1n) is 8.37. The van der Waals surface area contributed by atoms with E-state index in [-0.39, 0.29) is 12.0 Å². The number of para-hydroxylation sites is 1. The summed E-state index contributed by atoms with van der Waals surface area (Å²) in [5.74, 6) is 0. The molecular weight excluding hydrogens is 326 g/mol. The van der Waals surface area contributed by atoms with E-state index in [9.17, 15) is 9.90 Å². The zero-order valence-corrected chi connectivity index (χ0v) is 14.0. The fourth-order valence-corrected chi connectivity index (χ4v) is 3.06. The van der Waals surface area contributed by atoms with Gasteiger partial charge in [0.1, 0.15) is 5.65 Å². The minimum Gasteiger partial charge on any atom is -0.388 e. The fraction of sp³-hybridized carbons (Fsp3) is 0.0952. The molecule has 0 aliphatic rings. The molecule has 4 aromatic rings. The summed E-state index contributed by atoms with van der Waals surface area (Å²) in [7, 11) is 0. The third-order valence-electron chi connectivity index (χ3n) is 4.33. The van der Waals surface area contributed by atoms with Crippen LogP contribution in [0.25, 0.3) is 16.7 Å². The Balaban J connectivity index is 1.86. The second kappa shape index (κ2) is 6.90. The number of nitrogens with zero attached hydrogens (tertiary/aromatic N) is 3. The minimum atomic E-state index is -0.797. The lowest BCUT2D eigenvalue weighted by Gasteiger charge is -2.14. The van der Waals surface area contributed by atoms with Gasteiger partial charge in [-0.25, -0.2) is 4.98 Å². The van der Waals surface area contributed by atoms with Crippen molar-refractivity contribution in [2.75, 3.05) is 0 Å². The lowest BCUT2D eigenvalue weighted by atomic mass is 10.0. The minimum absolute atomic E-state index is 0.176. The van der Waals surface area contributed by atoms with Crippen LogP contribution in [0.15, 0.2) is 84.0 Å². The van der Waals surface area contributed by atoms with Crippen molar-refractivity contribution in [1.82, 2.24) is 14.5 Å². The van der Waals surface area contributed by atoms with E-state index in [1.807, 2.05) is 48.5 Å². The largest absolute Gasteiger partial charge is 0.388 e. The van der Waals surface area contributed by atoms with Gasteiger partial charge in [-0.1, -0.05) is 24.3 Å². The van der Waals surface area contributed by atoms with Crippen molar-refractivity contribution in [2.24, 2.45) is 0 Å². The molecule has 3 aromatic heterocycles. The number of rotatable bonds is 4. The maximum atomic E-state index is 13.1. The summed E-state index contributed by atoms with van der Waals surface area (Å²) >= 11 is 0. The van der Waals surface area contributed by atoms with Crippen LogP contribution in [0.1, 0.15) is 17.2 Å². The second-order valence-corrected chi connectivity index (χ2v) is 6.07. The normalized spacial score (nSPS) is 12.2. The summed E-state index contributed by atoms with van der Waals surface area (Å²) in [6.07, 6.45) is 4.35. The number of aliphatic hydroxyl groups is 1. The third-order valence-corrected chi connectivity index (χ3v) is 4.33. The van der Waals surface area contributed by atoms with Gasteiger partial charge in [0, 0.05) is 36.0 Å². The summed E-state index contributed by atoms with van der Waals surface area (Å²) in [5, 5.41) is 11.4. The molecule has 0 saturated carbocycles. The molecule has 0 spiro atoms. The van der Waals surface area contributed by atoms with Crippen LogP contribution < -0.4 is 5.56 Å². The van der Waals surface area contributed by atoms with Crippen molar-refractivity contribution in [1.29, 1.82) is 0 Å². The van der Waals surface area contributed by atoms with Crippen LogP contribution in [-0.4, -0.2) is 19.6 Å². The van der Waals surface area contributed by atoms with Crippen LogP contribution in [0.3, 0.4) is 0 Å². The van der Waals surface area contributed by atoms with Crippen LogP contribution >= 0.6 is 0 Å². The predicted octanol–water partition coefficient (Wildman–Crippen LogP) is 3.06. The van der Waals surface area contributed by atoms with Gasteiger partial charge in [0.05, 0.1) is 11.8 Å². The second-order valence-electron chi connectivity index (χ2n) is 6.07. The van der Waals surface area contributed by atoms with Crippen molar-refractivity contribution in [3.63, 3.8) is 0 Å². The SMILES string of the molecule is O=c1c(CC(O)c2cccnc2)cc2cccnc2n1-c1ccccc1. The Hall–Kier alpha value is -3.31. The van der Waals surface area contributed by atoms with Crippen LogP contribution in [0.2, 0.25) is 0 Å². The molecule has 0 aliphatic carbocycles. The number of aromatic nitrogens is 3. The van der Waals surface area contributed by atoms with Gasteiger partial charge < -0.3 is 5.11 Å². The fourth-order valence-electron chi connectivity index (χ4n) is 3.06. The van der Waals surface area contributed by atoms with Gasteiger partial charge in [-0.05, 0) is 42.0 Å². The summed E-state index contributed by atoms with van der Waals surface area (Å²) < 4.78 is 1.60. The molecule has 1 atom stereocenters. The maximum Gasteiger partial charge on any atom is 0.260 e. The number of benzene rings is 1. The molecule has 0 radical (unpaired) electrons. The van der Waals surface area contributed by atoms with E-state index >= 15 is 0 Å². The Morgan fingerprint density at radius 1 is 1.00 bits per heavy atom. The zero-order chi connectivity index (χ0) is 17.9. The van der Waals surface area contributed by atoms with Crippen molar-refractivity contribution in [2.45, 2.75) is 12.5 Å². The standard InChI is InChI=1S/C21H17N3O2/c25-19(16-7-4-10-22-14-16)13-17-12-15-6-5-11-23-20(15)24(21(17)26)18-8-2-1-3-9-18/h1-12,14,19,25H,13H2. The highest BCUT2D eigenvalue weighted by Gasteiger charge is 2.16. The van der Waals surface area contributed by atoms with Gasteiger partial charge in [0.2, 0.25) is 0 Å². The summed E-state index contributed by atoms with van der Waals surface area (Å²) in [4.78, 5) is 21.6. The summed E-state index contributed by atoms with van der Waals surface area (Å²) in [6.45, 7) is 0. The van der Waals surface area contributed by atoms with E-state index < -0.39 is 6.10 Å². The highest BCUT2D eigenvalue weighted by Crippen LogP contribution is 2.20. The van der Waals surface area contributed by atoms with E-state index in [1.54, 1.807) is 35.3 Å². The number of aliphatic hydroxyl groups excluding tert-OH is 1. The molecule has 26 heavy (non-hydrogen) atoms. The first-order valence-corrected chi connectivity index (χ1v) is 8.37. The number of hydrogen-bond donors (Lipinski definition) is 1. The monoisotopic (exact) mass is 343 g/mol. The van der Waals surface area contributed by atoms with Crippen molar-refractivity contribution in [3.05, 3.63) is 101 Å². The average molecular weight is 343 g/mol. The topological polar surface area (TPSA) is 68.0 Å². The van der Waals surface area contributed by atoms with Crippen LogP contribution in [0.5, 0.6) is 0 Å². The smallest absolute Gasteiger partial charge is 0.260 e. The maximum absolute atomic E-state index is 13.1. The molecule has 1 unspecified atom stereocenters. The van der Waals surface area contributed by atoms with Gasteiger partial charge >= 0.3 is 0 Å². The van der Waals surface area contributed by atoms with Crippen LogP contribution in [0, 0.1) is 0 Å². The molecular formula is C21H17N3O2. The quantitative estimate of drug-likeness (QED) is 0.618. The molecule has 4 rings (SSSR count). The van der Waals surface area contributed by atoms with E-state index in [0.29, 0.717) is 16.8 Å². The average Bonchev–Trinajstić information content (AvgIpc) is 2.70. The van der Waals surface area contributed by atoms with Crippen LogP contribution in [0.4, 0.5) is 0 Å². The molecule has 5 nitrogen and oxygen atoms in total. The number of fused-ring (bicyclic) bond motifs is 1. The molecule has 1 N–H and O–H groups in total. The van der Waals surface area contributed by atoms with Gasteiger partial charge in [0.25, 0.3) is 5.56 Å². The molecule has 0 saturated heterocycles. The molecule has 128 valence electrons. The third kappa shape index (κ3) is 3.00. The number of pyridine rings is 3. The Bertz CT molecular complexity index is 1090. The molecule has 0 fully saturated rings. The lowest BCUT2D eigenvalue weighted by Crippen LogP contribution is -2.24. The molecule has 1 aromatic carbocycles. The van der Waals surface area contributed by atoms with E-state index in [4.69, 9.17) is 0 Å². The Morgan fingerprint density at radius 3 is 2.58 bits per heavy atom. The van der Waals surface area contributed by atoms with Gasteiger partial charge in [-0.15, -0.1) is 0 Å². The molecule has 0 aliphatic heterocycles. The molecule has 5 heteroatoms. The highest BCUT2D eigenvalue weighted by molar-refractivity contribution is 5.77.